The third kappa shape index (κ3) is 4.26. The number of halogens is 3. The minimum absolute atomic E-state index is 0.0243. The lowest BCUT2D eigenvalue weighted by Crippen LogP contribution is -2.24. The summed E-state index contributed by atoms with van der Waals surface area (Å²) in [5.41, 5.74) is 4.12. The molecule has 0 saturated carbocycles. The number of alkyl halides is 3. The van der Waals surface area contributed by atoms with Gasteiger partial charge in [0.15, 0.2) is 0 Å². The number of thioether (sulfide) groups is 1. The number of hydrogen-bond donors (Lipinski definition) is 2. The van der Waals surface area contributed by atoms with Crippen LogP contribution in [0.15, 0.2) is 12.1 Å². The largest absolute Gasteiger partial charge is 0.433 e. The summed E-state index contributed by atoms with van der Waals surface area (Å²) in [7, 11) is 0. The Morgan fingerprint density at radius 2 is 2.19 bits per heavy atom. The molecule has 116 valence electrons. The van der Waals surface area contributed by atoms with Gasteiger partial charge in [-0.05, 0) is 30.7 Å². The molecule has 2 rings (SSSR count). The molecule has 1 amide bonds. The number of anilines is 1. The Morgan fingerprint density at radius 3 is 2.76 bits per heavy atom. The molecule has 0 aromatic carbocycles. The maximum atomic E-state index is 12.7. The first-order chi connectivity index (χ1) is 9.88. The molecule has 0 aliphatic carbocycles. The zero-order chi connectivity index (χ0) is 15.5. The van der Waals surface area contributed by atoms with Crippen LogP contribution >= 0.6 is 11.8 Å². The average Bonchev–Trinajstić information content (AvgIpc) is 2.45. The van der Waals surface area contributed by atoms with Crippen LogP contribution in [-0.4, -0.2) is 28.4 Å². The SMILES string of the molecule is NC(=O)c1ccc(C(F)(F)F)nc1NCC1CCCCS1. The Balaban J connectivity index is 2.16. The van der Waals surface area contributed by atoms with Crippen molar-refractivity contribution in [2.24, 2.45) is 5.73 Å². The van der Waals surface area contributed by atoms with Gasteiger partial charge in [0, 0.05) is 11.8 Å². The summed E-state index contributed by atoms with van der Waals surface area (Å²) in [5.74, 6) is 0.156. The molecule has 1 aromatic heterocycles. The average molecular weight is 319 g/mol. The second kappa shape index (κ2) is 6.55. The number of rotatable bonds is 4. The van der Waals surface area contributed by atoms with Crippen molar-refractivity contribution in [3.8, 4) is 0 Å². The summed E-state index contributed by atoms with van der Waals surface area (Å²) in [6.45, 7) is 0.471. The smallest absolute Gasteiger partial charge is 0.368 e. The molecule has 4 nitrogen and oxygen atoms in total. The summed E-state index contributed by atoms with van der Waals surface area (Å²) in [6, 6.07) is 1.83. The van der Waals surface area contributed by atoms with E-state index < -0.39 is 17.8 Å². The van der Waals surface area contributed by atoms with Crippen LogP contribution in [0, 0.1) is 0 Å². The number of primary amides is 1. The zero-order valence-electron chi connectivity index (χ0n) is 11.2. The van der Waals surface area contributed by atoms with Gasteiger partial charge in [0.25, 0.3) is 5.91 Å². The fraction of sp³-hybridized carbons (Fsp3) is 0.538. The molecular formula is C13H16F3N3OS. The lowest BCUT2D eigenvalue weighted by molar-refractivity contribution is -0.141. The summed E-state index contributed by atoms with van der Waals surface area (Å²) in [5, 5.41) is 3.16. The van der Waals surface area contributed by atoms with E-state index in [4.69, 9.17) is 5.73 Å². The summed E-state index contributed by atoms with van der Waals surface area (Å²) in [4.78, 5) is 14.8. The quantitative estimate of drug-likeness (QED) is 0.895. The van der Waals surface area contributed by atoms with Gasteiger partial charge in [-0.15, -0.1) is 0 Å². The molecule has 2 heterocycles. The number of nitrogens with zero attached hydrogens (tertiary/aromatic N) is 1. The van der Waals surface area contributed by atoms with Crippen LogP contribution in [0.2, 0.25) is 0 Å². The normalized spacial score (nSPS) is 19.3. The first-order valence-corrected chi connectivity index (χ1v) is 7.66. The highest BCUT2D eigenvalue weighted by Gasteiger charge is 2.33. The number of nitrogens with one attached hydrogen (secondary N) is 1. The number of carbonyl (C=O) groups excluding carboxylic acids is 1. The molecule has 1 fully saturated rings. The van der Waals surface area contributed by atoms with Crippen molar-refractivity contribution in [2.45, 2.75) is 30.7 Å². The number of carbonyl (C=O) groups is 1. The van der Waals surface area contributed by atoms with Gasteiger partial charge in [0.05, 0.1) is 5.56 Å². The summed E-state index contributed by atoms with van der Waals surface area (Å²) in [6.07, 6.45) is -1.28. The number of pyridine rings is 1. The highest BCUT2D eigenvalue weighted by Crippen LogP contribution is 2.30. The van der Waals surface area contributed by atoms with E-state index >= 15 is 0 Å². The maximum Gasteiger partial charge on any atom is 0.433 e. The second-order valence-electron chi connectivity index (χ2n) is 4.82. The van der Waals surface area contributed by atoms with Crippen molar-refractivity contribution < 1.29 is 18.0 Å². The molecule has 0 bridgehead atoms. The second-order valence-corrected chi connectivity index (χ2v) is 6.23. The molecule has 1 saturated heterocycles. The maximum absolute atomic E-state index is 12.7. The van der Waals surface area contributed by atoms with E-state index in [1.165, 1.54) is 0 Å². The van der Waals surface area contributed by atoms with Crippen molar-refractivity contribution in [1.82, 2.24) is 4.98 Å². The molecule has 1 atom stereocenters. The Kier molecular flexibility index (Phi) is 4.97. The fourth-order valence-corrected chi connectivity index (χ4v) is 3.37. The molecule has 8 heteroatoms. The van der Waals surface area contributed by atoms with Gasteiger partial charge in [-0.2, -0.15) is 24.9 Å². The van der Waals surface area contributed by atoms with Gasteiger partial charge >= 0.3 is 6.18 Å². The summed E-state index contributed by atoms with van der Waals surface area (Å²) >= 11 is 1.78. The van der Waals surface area contributed by atoms with Crippen LogP contribution in [0.5, 0.6) is 0 Å². The highest BCUT2D eigenvalue weighted by molar-refractivity contribution is 7.99. The molecule has 3 N–H and O–H groups in total. The van der Waals surface area contributed by atoms with E-state index in [0.717, 1.165) is 37.1 Å². The minimum Gasteiger partial charge on any atom is -0.368 e. The number of nitrogens with two attached hydrogens (primary N) is 1. The van der Waals surface area contributed by atoms with E-state index in [-0.39, 0.29) is 11.4 Å². The topological polar surface area (TPSA) is 68.0 Å². The molecule has 1 aliphatic heterocycles. The van der Waals surface area contributed by atoms with E-state index in [2.05, 4.69) is 10.3 Å². The van der Waals surface area contributed by atoms with Crippen LogP contribution in [0.3, 0.4) is 0 Å². The van der Waals surface area contributed by atoms with Crippen molar-refractivity contribution >= 4 is 23.5 Å². The van der Waals surface area contributed by atoms with Crippen LogP contribution in [0.1, 0.15) is 35.3 Å². The van der Waals surface area contributed by atoms with Gasteiger partial charge in [-0.25, -0.2) is 4.98 Å². The van der Waals surface area contributed by atoms with Crippen LogP contribution in [0.25, 0.3) is 0 Å². The van der Waals surface area contributed by atoms with Gasteiger partial charge in [-0.3, -0.25) is 4.79 Å². The fourth-order valence-electron chi connectivity index (χ4n) is 2.13. The van der Waals surface area contributed by atoms with E-state index in [9.17, 15) is 18.0 Å². The predicted octanol–water partition coefficient (Wildman–Crippen LogP) is 2.90. The van der Waals surface area contributed by atoms with E-state index in [1.807, 2.05) is 0 Å². The van der Waals surface area contributed by atoms with Gasteiger partial charge < -0.3 is 11.1 Å². The van der Waals surface area contributed by atoms with Crippen molar-refractivity contribution in [2.75, 3.05) is 17.6 Å². The van der Waals surface area contributed by atoms with Crippen molar-refractivity contribution in [3.63, 3.8) is 0 Å². The molecule has 0 radical (unpaired) electrons. The molecular weight excluding hydrogens is 303 g/mol. The third-order valence-electron chi connectivity index (χ3n) is 3.22. The number of aromatic nitrogens is 1. The van der Waals surface area contributed by atoms with Crippen LogP contribution in [-0.2, 0) is 6.18 Å². The molecule has 1 unspecified atom stereocenters. The monoisotopic (exact) mass is 319 g/mol. The zero-order valence-corrected chi connectivity index (χ0v) is 12.1. The van der Waals surface area contributed by atoms with Gasteiger partial charge in [0.2, 0.25) is 0 Å². The Hall–Kier alpha value is -1.44. The van der Waals surface area contributed by atoms with Crippen LogP contribution in [0.4, 0.5) is 19.0 Å². The Morgan fingerprint density at radius 1 is 1.43 bits per heavy atom. The molecule has 1 aliphatic rings. The minimum atomic E-state index is -4.55. The van der Waals surface area contributed by atoms with Crippen molar-refractivity contribution in [1.29, 1.82) is 0 Å². The Labute approximate surface area is 124 Å². The predicted molar refractivity (Wildman–Crippen MR) is 76.3 cm³/mol. The lowest BCUT2D eigenvalue weighted by atomic mass is 10.1. The van der Waals surface area contributed by atoms with Gasteiger partial charge in [0.1, 0.15) is 11.5 Å². The standard InChI is InChI=1S/C13H16F3N3OS/c14-13(15,16)10-5-4-9(11(17)20)12(19-10)18-7-8-3-1-2-6-21-8/h4-5,8H,1-3,6-7H2,(H2,17,20)(H,18,19). The lowest BCUT2D eigenvalue weighted by Gasteiger charge is -2.22. The Bertz CT molecular complexity index is 516. The van der Waals surface area contributed by atoms with Crippen molar-refractivity contribution in [3.05, 3.63) is 23.4 Å². The highest BCUT2D eigenvalue weighted by atomic mass is 32.2. The summed E-state index contributed by atoms with van der Waals surface area (Å²) < 4.78 is 38.1. The number of hydrogen-bond acceptors (Lipinski definition) is 4. The molecule has 0 spiro atoms. The van der Waals surface area contributed by atoms with E-state index in [1.54, 1.807) is 11.8 Å². The first-order valence-electron chi connectivity index (χ1n) is 6.61. The van der Waals surface area contributed by atoms with Gasteiger partial charge in [-0.1, -0.05) is 6.42 Å². The van der Waals surface area contributed by atoms with E-state index in [0.29, 0.717) is 11.8 Å². The number of amides is 1. The molecule has 1 aromatic rings. The third-order valence-corrected chi connectivity index (χ3v) is 4.62. The van der Waals surface area contributed by atoms with Crippen LogP contribution < -0.4 is 11.1 Å². The first kappa shape index (κ1) is 15.9. The molecule has 21 heavy (non-hydrogen) atoms.